The van der Waals surface area contributed by atoms with Gasteiger partial charge in [0.25, 0.3) is 0 Å². The first-order valence-corrected chi connectivity index (χ1v) is 5.26. The van der Waals surface area contributed by atoms with E-state index >= 15 is 0 Å². The molecule has 1 N–H and O–H groups in total. The SMILES string of the molecule is Cc1cc(C(=O)O)cnc1N(C)CC(C)C#N. The van der Waals surface area contributed by atoms with Gasteiger partial charge in [-0.1, -0.05) is 0 Å². The number of aromatic nitrogens is 1. The van der Waals surface area contributed by atoms with Gasteiger partial charge in [0.1, 0.15) is 5.82 Å². The molecular formula is C12H15N3O2. The smallest absolute Gasteiger partial charge is 0.337 e. The molecule has 1 aromatic heterocycles. The Labute approximate surface area is 100 Å². The number of carboxylic acid groups (broad SMARTS) is 1. The number of hydrogen-bond acceptors (Lipinski definition) is 4. The average Bonchev–Trinajstić information content (AvgIpc) is 2.28. The Kier molecular flexibility index (Phi) is 4.05. The molecule has 90 valence electrons. The number of nitrogens with zero attached hydrogens (tertiary/aromatic N) is 3. The molecule has 5 nitrogen and oxygen atoms in total. The van der Waals surface area contributed by atoms with Gasteiger partial charge in [-0.25, -0.2) is 9.78 Å². The number of aryl methyl sites for hydroxylation is 1. The molecule has 0 aliphatic rings. The van der Waals surface area contributed by atoms with Crippen molar-refractivity contribution in [1.29, 1.82) is 5.26 Å². The molecule has 1 rings (SSSR count). The van der Waals surface area contributed by atoms with E-state index in [4.69, 9.17) is 10.4 Å². The van der Waals surface area contributed by atoms with Crippen molar-refractivity contribution in [2.24, 2.45) is 5.92 Å². The predicted octanol–water partition coefficient (Wildman–Crippen LogP) is 1.68. The molecule has 0 saturated heterocycles. The molecule has 1 aromatic rings. The summed E-state index contributed by atoms with van der Waals surface area (Å²) >= 11 is 0. The Morgan fingerprint density at radius 3 is 2.82 bits per heavy atom. The maximum atomic E-state index is 10.8. The van der Waals surface area contributed by atoms with E-state index < -0.39 is 5.97 Å². The molecule has 0 saturated carbocycles. The summed E-state index contributed by atoms with van der Waals surface area (Å²) in [6, 6.07) is 3.73. The van der Waals surface area contributed by atoms with Crippen LogP contribution in [0.2, 0.25) is 0 Å². The van der Waals surface area contributed by atoms with Gasteiger partial charge in [-0.05, 0) is 25.5 Å². The molecule has 1 atom stereocenters. The lowest BCUT2D eigenvalue weighted by atomic mass is 10.1. The molecule has 0 aromatic carbocycles. The lowest BCUT2D eigenvalue weighted by molar-refractivity contribution is 0.0696. The number of aromatic carboxylic acids is 1. The van der Waals surface area contributed by atoms with E-state index in [1.165, 1.54) is 6.20 Å². The van der Waals surface area contributed by atoms with Crippen LogP contribution in [0.1, 0.15) is 22.8 Å². The minimum absolute atomic E-state index is 0.0969. The number of pyridine rings is 1. The summed E-state index contributed by atoms with van der Waals surface area (Å²) in [7, 11) is 1.84. The van der Waals surface area contributed by atoms with E-state index in [-0.39, 0.29) is 11.5 Å². The van der Waals surface area contributed by atoms with E-state index in [0.29, 0.717) is 12.4 Å². The Morgan fingerprint density at radius 2 is 2.35 bits per heavy atom. The van der Waals surface area contributed by atoms with Gasteiger partial charge in [0, 0.05) is 19.8 Å². The molecule has 0 spiro atoms. The van der Waals surface area contributed by atoms with Crippen molar-refractivity contribution < 1.29 is 9.90 Å². The van der Waals surface area contributed by atoms with Crippen molar-refractivity contribution in [3.05, 3.63) is 23.4 Å². The zero-order chi connectivity index (χ0) is 13.0. The first kappa shape index (κ1) is 13.0. The Hall–Kier alpha value is -2.09. The van der Waals surface area contributed by atoms with E-state index in [1.807, 2.05) is 25.8 Å². The summed E-state index contributed by atoms with van der Waals surface area (Å²) in [5.41, 5.74) is 0.963. The fraction of sp³-hybridized carbons (Fsp3) is 0.417. The van der Waals surface area contributed by atoms with Crippen molar-refractivity contribution in [2.75, 3.05) is 18.5 Å². The fourth-order valence-corrected chi connectivity index (χ4v) is 1.62. The van der Waals surface area contributed by atoms with Gasteiger partial charge in [-0.15, -0.1) is 0 Å². The molecule has 17 heavy (non-hydrogen) atoms. The van der Waals surface area contributed by atoms with Crippen LogP contribution in [0.25, 0.3) is 0 Å². The van der Waals surface area contributed by atoms with Crippen LogP contribution >= 0.6 is 0 Å². The third kappa shape index (κ3) is 3.18. The molecule has 0 fully saturated rings. The minimum atomic E-state index is -0.986. The molecule has 0 aliphatic carbocycles. The van der Waals surface area contributed by atoms with Crippen LogP contribution < -0.4 is 4.90 Å². The maximum Gasteiger partial charge on any atom is 0.337 e. The van der Waals surface area contributed by atoms with E-state index in [2.05, 4.69) is 11.1 Å². The van der Waals surface area contributed by atoms with Crippen LogP contribution in [-0.4, -0.2) is 29.7 Å². The first-order valence-electron chi connectivity index (χ1n) is 5.26. The molecule has 0 bridgehead atoms. The third-order valence-corrected chi connectivity index (χ3v) is 2.43. The molecule has 5 heteroatoms. The minimum Gasteiger partial charge on any atom is -0.478 e. The van der Waals surface area contributed by atoms with Gasteiger partial charge in [0.05, 0.1) is 17.6 Å². The second kappa shape index (κ2) is 5.30. The quantitative estimate of drug-likeness (QED) is 0.856. The van der Waals surface area contributed by atoms with Crippen LogP contribution in [0.4, 0.5) is 5.82 Å². The summed E-state index contributed by atoms with van der Waals surface area (Å²) in [6.45, 7) is 4.20. The number of anilines is 1. The number of carbonyl (C=O) groups is 1. The highest BCUT2D eigenvalue weighted by atomic mass is 16.4. The summed E-state index contributed by atoms with van der Waals surface area (Å²) in [5.74, 6) is -0.377. The summed E-state index contributed by atoms with van der Waals surface area (Å²) in [6.07, 6.45) is 1.33. The highest BCUT2D eigenvalue weighted by Gasteiger charge is 2.12. The van der Waals surface area contributed by atoms with Gasteiger partial charge in [-0.3, -0.25) is 0 Å². The maximum absolute atomic E-state index is 10.8. The molecular weight excluding hydrogens is 218 g/mol. The first-order chi connectivity index (χ1) is 7.95. The summed E-state index contributed by atoms with van der Waals surface area (Å²) in [5, 5.41) is 17.6. The predicted molar refractivity (Wildman–Crippen MR) is 64.0 cm³/mol. The van der Waals surface area contributed by atoms with Gasteiger partial charge >= 0.3 is 5.97 Å². The lowest BCUT2D eigenvalue weighted by Crippen LogP contribution is -2.25. The van der Waals surface area contributed by atoms with Crippen molar-refractivity contribution >= 4 is 11.8 Å². The molecule has 0 radical (unpaired) electrons. The lowest BCUT2D eigenvalue weighted by Gasteiger charge is -2.21. The zero-order valence-corrected chi connectivity index (χ0v) is 10.1. The number of carboxylic acids is 1. The Balaban J connectivity index is 2.93. The van der Waals surface area contributed by atoms with Gasteiger partial charge in [-0.2, -0.15) is 5.26 Å². The van der Waals surface area contributed by atoms with Crippen molar-refractivity contribution in [2.45, 2.75) is 13.8 Å². The van der Waals surface area contributed by atoms with Crippen LogP contribution in [0.3, 0.4) is 0 Å². The number of hydrogen-bond donors (Lipinski definition) is 1. The Morgan fingerprint density at radius 1 is 1.71 bits per heavy atom. The number of nitriles is 1. The highest BCUT2D eigenvalue weighted by Crippen LogP contribution is 2.17. The third-order valence-electron chi connectivity index (χ3n) is 2.43. The number of rotatable bonds is 4. The standard InChI is InChI=1S/C12H15N3O2/c1-8(5-13)7-15(3)11-9(2)4-10(6-14-11)12(16)17/h4,6,8H,7H2,1-3H3,(H,16,17). The van der Waals surface area contributed by atoms with Crippen LogP contribution in [0.15, 0.2) is 12.3 Å². The van der Waals surface area contributed by atoms with Crippen molar-refractivity contribution in [3.63, 3.8) is 0 Å². The van der Waals surface area contributed by atoms with Gasteiger partial charge in [0.2, 0.25) is 0 Å². The highest BCUT2D eigenvalue weighted by molar-refractivity contribution is 5.87. The fourth-order valence-electron chi connectivity index (χ4n) is 1.62. The zero-order valence-electron chi connectivity index (χ0n) is 10.1. The van der Waals surface area contributed by atoms with E-state index in [1.54, 1.807) is 6.07 Å². The second-order valence-corrected chi connectivity index (χ2v) is 4.08. The van der Waals surface area contributed by atoms with E-state index in [0.717, 1.165) is 5.56 Å². The van der Waals surface area contributed by atoms with Crippen molar-refractivity contribution in [1.82, 2.24) is 4.98 Å². The molecule has 1 heterocycles. The van der Waals surface area contributed by atoms with Gasteiger partial charge in [0.15, 0.2) is 0 Å². The van der Waals surface area contributed by atoms with Crippen LogP contribution in [0.5, 0.6) is 0 Å². The topological polar surface area (TPSA) is 77.2 Å². The summed E-state index contributed by atoms with van der Waals surface area (Å²) < 4.78 is 0. The second-order valence-electron chi connectivity index (χ2n) is 4.08. The molecule has 0 amide bonds. The monoisotopic (exact) mass is 233 g/mol. The van der Waals surface area contributed by atoms with Crippen LogP contribution in [-0.2, 0) is 0 Å². The largest absolute Gasteiger partial charge is 0.478 e. The van der Waals surface area contributed by atoms with E-state index in [9.17, 15) is 4.79 Å². The Bertz CT molecular complexity index is 465. The van der Waals surface area contributed by atoms with Crippen molar-refractivity contribution in [3.8, 4) is 6.07 Å². The average molecular weight is 233 g/mol. The normalized spacial score (nSPS) is 11.6. The molecule has 1 unspecified atom stereocenters. The van der Waals surface area contributed by atoms with Gasteiger partial charge < -0.3 is 10.0 Å². The van der Waals surface area contributed by atoms with Crippen LogP contribution in [0, 0.1) is 24.2 Å². The summed E-state index contributed by atoms with van der Waals surface area (Å²) in [4.78, 5) is 16.7. The molecule has 0 aliphatic heterocycles.